The molecular weight excluding hydrogens is 608 g/mol. The third-order valence-corrected chi connectivity index (χ3v) is 14.2. The number of nitrogens with zero attached hydrogens (tertiary/aromatic N) is 2. The maximum absolute atomic E-state index is 14.1. The molecule has 2 N–H and O–H groups in total. The van der Waals surface area contributed by atoms with Crippen LogP contribution < -0.4 is 4.90 Å². The zero-order valence-corrected chi connectivity index (χ0v) is 27.1. The van der Waals surface area contributed by atoms with Gasteiger partial charge in [0.2, 0.25) is 11.8 Å². The Morgan fingerprint density at radius 3 is 2.57 bits per heavy atom. The molecule has 0 aromatic heterocycles. The lowest BCUT2D eigenvalue weighted by atomic mass is 9.41. The van der Waals surface area contributed by atoms with Crippen LogP contribution in [0.3, 0.4) is 0 Å². The number of amides is 2. The summed E-state index contributed by atoms with van der Waals surface area (Å²) in [6.45, 7) is 4.14. The second kappa shape index (κ2) is 9.48. The fourth-order valence-corrected chi connectivity index (χ4v) is 12.8. The molecule has 5 aliphatic heterocycles. The maximum Gasteiger partial charge on any atom is 0.340 e. The number of hydrogen-bond donors (Lipinski definition) is 2. The molecular formula is C35H42N2O10. The number of carbonyl (C=O) groups is 4. The first-order chi connectivity index (χ1) is 22.5. The molecule has 5 saturated carbocycles. The summed E-state index contributed by atoms with van der Waals surface area (Å²) in [4.78, 5) is 57.0. The zero-order valence-electron chi connectivity index (χ0n) is 27.1. The van der Waals surface area contributed by atoms with Crippen molar-refractivity contribution < 1.29 is 48.3 Å². The van der Waals surface area contributed by atoms with Gasteiger partial charge in [0.05, 0.1) is 46.9 Å². The first-order valence-corrected chi connectivity index (χ1v) is 17.1. The van der Waals surface area contributed by atoms with Crippen molar-refractivity contribution in [2.24, 2.45) is 40.4 Å². The number of ketones is 1. The fraction of sp³-hybridized carbons (Fsp3) is 0.714. The summed E-state index contributed by atoms with van der Waals surface area (Å²) in [5.74, 6) is -3.70. The largest absolute Gasteiger partial charge is 0.461 e. The molecule has 252 valence electrons. The van der Waals surface area contributed by atoms with E-state index < -0.39 is 64.3 Å². The van der Waals surface area contributed by atoms with Crippen LogP contribution in [0.1, 0.15) is 56.3 Å². The van der Waals surface area contributed by atoms with Crippen molar-refractivity contribution in [1.82, 2.24) is 4.90 Å². The number of hydrogen-bond acceptors (Lipinski definition) is 11. The lowest BCUT2D eigenvalue weighted by Gasteiger charge is -2.75. The second-order valence-electron chi connectivity index (χ2n) is 15.4. The lowest BCUT2D eigenvalue weighted by Crippen LogP contribution is -2.86. The van der Waals surface area contributed by atoms with Gasteiger partial charge in [0, 0.05) is 50.2 Å². The van der Waals surface area contributed by atoms with E-state index >= 15 is 0 Å². The molecule has 14 atom stereocenters. The first-order valence-electron chi connectivity index (χ1n) is 17.1. The number of ether oxygens (including phenoxy) is 4. The van der Waals surface area contributed by atoms with Crippen molar-refractivity contribution in [3.05, 3.63) is 29.8 Å². The van der Waals surface area contributed by atoms with Gasteiger partial charge in [0.25, 0.3) is 0 Å². The van der Waals surface area contributed by atoms with Crippen LogP contribution in [-0.2, 0) is 33.3 Å². The van der Waals surface area contributed by atoms with Crippen molar-refractivity contribution in [2.75, 3.05) is 32.3 Å². The third kappa shape index (κ3) is 3.09. The monoisotopic (exact) mass is 650 g/mol. The SMILES string of the molecule is CCN1[C@H]2O[C@H]3CC[C@]2(COC(=O)c2ccccc2N2C(=O)CC(C)C2=O)[C@H]2[C@H](OC)[C@@]4(O)[C@@H]1[C@@]32[C@@H]1C[C@H]2C(=O)[C@@H]1[C@]4(O)C[C@@H]2OC. The van der Waals surface area contributed by atoms with E-state index in [9.17, 15) is 29.4 Å². The van der Waals surface area contributed by atoms with Gasteiger partial charge < -0.3 is 29.2 Å². The van der Waals surface area contributed by atoms with Crippen LogP contribution >= 0.6 is 0 Å². The smallest absolute Gasteiger partial charge is 0.340 e. The number of anilines is 1. The molecule has 47 heavy (non-hydrogen) atoms. The highest BCUT2D eigenvalue weighted by Gasteiger charge is 2.94. The van der Waals surface area contributed by atoms with E-state index in [0.717, 1.165) is 4.90 Å². The molecule has 5 aliphatic carbocycles. The minimum Gasteiger partial charge on any atom is -0.461 e. The Hall–Kier alpha value is -2.74. The van der Waals surface area contributed by atoms with Gasteiger partial charge in [-0.2, -0.15) is 0 Å². The van der Waals surface area contributed by atoms with Crippen molar-refractivity contribution >= 4 is 29.3 Å². The summed E-state index contributed by atoms with van der Waals surface area (Å²) < 4.78 is 25.3. The van der Waals surface area contributed by atoms with Crippen LogP contribution in [0, 0.1) is 40.4 Å². The van der Waals surface area contributed by atoms with Crippen molar-refractivity contribution in [1.29, 1.82) is 0 Å². The Labute approximate surface area is 272 Å². The van der Waals surface area contributed by atoms with Crippen molar-refractivity contribution in [2.45, 2.75) is 87.7 Å². The predicted molar refractivity (Wildman–Crippen MR) is 162 cm³/mol. The van der Waals surface area contributed by atoms with Crippen molar-refractivity contribution in [3.8, 4) is 0 Å². The molecule has 1 unspecified atom stereocenters. The van der Waals surface area contributed by atoms with Crippen LogP contribution in [0.2, 0.25) is 0 Å². The van der Waals surface area contributed by atoms with E-state index in [-0.39, 0.29) is 72.2 Å². The molecule has 0 radical (unpaired) electrons. The summed E-state index contributed by atoms with van der Waals surface area (Å²) in [5.41, 5.74) is -4.80. The average Bonchev–Trinajstić information content (AvgIpc) is 3.57. The molecule has 11 rings (SSSR count). The minimum atomic E-state index is -1.80. The molecule has 10 aliphatic rings. The summed E-state index contributed by atoms with van der Waals surface area (Å²) in [6.07, 6.45) is -0.108. The standard InChI is InChI=1S/C35H42N2O10/c1-5-36-30-34-19-13-18-21(44-3)14-33(42,24(19)25(18)39)35(30,43)27(45-4)26(34)32(11-10-22(34)47-31(32)36)15-46-29(41)17-8-6-7-9-20(17)37-23(38)12-16(2)28(37)40/h6-9,16,18-19,21-22,24,26-27,30-31,42-43H,5,10-15H2,1-4H3/t16?,18-,19-,21+,22+,24-,26-,27+,30+,31+,32+,33-,34+,35-/m1/s1. The number of rotatable bonds is 7. The molecule has 12 nitrogen and oxygen atoms in total. The van der Waals surface area contributed by atoms with Gasteiger partial charge in [0.15, 0.2) is 0 Å². The van der Waals surface area contributed by atoms with Gasteiger partial charge >= 0.3 is 5.97 Å². The van der Waals surface area contributed by atoms with E-state index in [2.05, 4.69) is 4.90 Å². The minimum absolute atomic E-state index is 0.0543. The van der Waals surface area contributed by atoms with Gasteiger partial charge in [0.1, 0.15) is 29.8 Å². The highest BCUT2D eigenvalue weighted by Crippen LogP contribution is 2.83. The molecule has 2 amide bonds. The van der Waals surface area contributed by atoms with E-state index in [4.69, 9.17) is 18.9 Å². The van der Waals surface area contributed by atoms with Gasteiger partial charge in [-0.1, -0.05) is 26.0 Å². The number of Topliss-reactive ketones (excluding diaryl/α,β-unsaturated/α-hetero) is 1. The number of carbonyl (C=O) groups excluding carboxylic acids is 4. The van der Waals surface area contributed by atoms with Crippen LogP contribution in [-0.4, -0.2) is 108 Å². The van der Waals surface area contributed by atoms with Gasteiger partial charge in [-0.25, -0.2) is 9.69 Å². The summed E-state index contributed by atoms with van der Waals surface area (Å²) in [6, 6.07) is 5.97. The van der Waals surface area contributed by atoms with Crippen molar-refractivity contribution in [3.63, 3.8) is 0 Å². The van der Waals surface area contributed by atoms with Gasteiger partial charge in [-0.05, 0) is 43.9 Å². The fourth-order valence-electron chi connectivity index (χ4n) is 12.8. The highest BCUT2D eigenvalue weighted by molar-refractivity contribution is 6.22. The first kappa shape index (κ1) is 30.3. The number of aliphatic hydroxyl groups is 2. The van der Waals surface area contributed by atoms with E-state index in [1.165, 1.54) is 0 Å². The highest BCUT2D eigenvalue weighted by atomic mass is 16.6. The third-order valence-electron chi connectivity index (χ3n) is 14.2. The Balaban J connectivity index is 1.15. The van der Waals surface area contributed by atoms with Crippen LogP contribution in [0.5, 0.6) is 0 Å². The summed E-state index contributed by atoms with van der Waals surface area (Å²) >= 11 is 0. The number of methoxy groups -OCH3 is 2. The quantitative estimate of drug-likeness (QED) is 0.325. The number of para-hydroxylation sites is 1. The Morgan fingerprint density at radius 1 is 1.13 bits per heavy atom. The molecule has 5 heterocycles. The van der Waals surface area contributed by atoms with Gasteiger partial charge in [-0.3, -0.25) is 19.3 Å². The Morgan fingerprint density at radius 2 is 1.89 bits per heavy atom. The molecule has 1 aromatic carbocycles. The number of benzene rings is 1. The lowest BCUT2D eigenvalue weighted by molar-refractivity contribution is -0.405. The number of likely N-dealkylation sites (N-methyl/N-ethyl adjacent to an activating group) is 1. The molecule has 9 bridgehead atoms. The molecule has 5 saturated heterocycles. The van der Waals surface area contributed by atoms with E-state index in [1.54, 1.807) is 45.4 Å². The Bertz CT molecular complexity index is 1620. The number of imide groups is 1. The van der Waals surface area contributed by atoms with Crippen LogP contribution in [0.25, 0.3) is 0 Å². The molecule has 12 heteroatoms. The van der Waals surface area contributed by atoms with E-state index in [1.807, 2.05) is 6.92 Å². The Kier molecular flexibility index (Phi) is 6.12. The normalized spacial score (nSPS) is 50.2. The number of fused-ring (bicyclic) bond motifs is 3. The summed E-state index contributed by atoms with van der Waals surface area (Å²) in [5, 5.41) is 26.0. The second-order valence-corrected chi connectivity index (χ2v) is 15.4. The van der Waals surface area contributed by atoms with Crippen LogP contribution in [0.15, 0.2) is 24.3 Å². The number of esters is 1. The summed E-state index contributed by atoms with van der Waals surface area (Å²) in [7, 11) is 3.11. The zero-order chi connectivity index (χ0) is 33.0. The molecule has 10 fully saturated rings. The topological polar surface area (TPSA) is 152 Å². The molecule has 1 aromatic rings. The molecule has 1 spiro atoms. The van der Waals surface area contributed by atoms with Gasteiger partial charge in [-0.15, -0.1) is 0 Å². The number of piperidine rings is 1. The van der Waals surface area contributed by atoms with E-state index in [0.29, 0.717) is 25.8 Å². The van der Waals surface area contributed by atoms with Crippen LogP contribution in [0.4, 0.5) is 5.69 Å². The average molecular weight is 651 g/mol. The predicted octanol–water partition coefficient (Wildman–Crippen LogP) is 1.30. The maximum atomic E-state index is 14.1.